The van der Waals surface area contributed by atoms with E-state index in [1.54, 1.807) is 0 Å². The molecule has 3 aromatic carbocycles. The molecule has 0 bridgehead atoms. The Hall–Kier alpha value is -3.58. The summed E-state index contributed by atoms with van der Waals surface area (Å²) in [5.41, 5.74) is 3.17. The average Bonchev–Trinajstić information content (AvgIpc) is 3.24. The van der Waals surface area contributed by atoms with E-state index in [2.05, 4.69) is 22.6 Å². The molecular weight excluding hydrogens is 394 g/mol. The van der Waals surface area contributed by atoms with Crippen LogP contribution in [0.2, 0.25) is 0 Å². The first-order chi connectivity index (χ1) is 15.2. The predicted molar refractivity (Wildman–Crippen MR) is 116 cm³/mol. The van der Waals surface area contributed by atoms with Crippen LogP contribution in [0.25, 0.3) is 10.8 Å². The number of nitrogens with one attached hydrogen (secondary N) is 1. The van der Waals surface area contributed by atoms with Gasteiger partial charge in [0.1, 0.15) is 18.7 Å². The van der Waals surface area contributed by atoms with Crippen LogP contribution in [0.15, 0.2) is 65.8 Å². The summed E-state index contributed by atoms with van der Waals surface area (Å²) in [6, 6.07) is 19.5. The maximum absolute atomic E-state index is 12.8. The fourth-order valence-corrected chi connectivity index (χ4v) is 4.10. The Labute approximate surface area is 180 Å². The molecule has 158 valence electrons. The van der Waals surface area contributed by atoms with Gasteiger partial charge in [0.25, 0.3) is 0 Å². The van der Waals surface area contributed by atoms with E-state index in [9.17, 15) is 4.79 Å². The van der Waals surface area contributed by atoms with Crippen molar-refractivity contribution < 1.29 is 19.2 Å². The molecular formula is C24H23N3O4. The molecule has 2 amide bonds. The van der Waals surface area contributed by atoms with Crippen LogP contribution >= 0.6 is 0 Å². The summed E-state index contributed by atoms with van der Waals surface area (Å²) in [6.07, 6.45) is 1.25. The first-order valence-corrected chi connectivity index (χ1v) is 10.3. The van der Waals surface area contributed by atoms with Crippen LogP contribution in [0.1, 0.15) is 22.7 Å². The minimum atomic E-state index is -0.393. The number of amides is 2. The third-order valence-electron chi connectivity index (χ3n) is 5.67. The number of nitrogens with zero attached hydrogens (tertiary/aromatic N) is 2. The summed E-state index contributed by atoms with van der Waals surface area (Å²) in [5.74, 6) is 0.858. The highest BCUT2D eigenvalue weighted by atomic mass is 16.7. The molecule has 0 radical (unpaired) electrons. The first kappa shape index (κ1) is 19.4. The Morgan fingerprint density at radius 1 is 1.16 bits per heavy atom. The molecule has 0 saturated carbocycles. The van der Waals surface area contributed by atoms with Crippen LogP contribution in [-0.2, 0) is 16.3 Å². The quantitative estimate of drug-likeness (QED) is 0.390. The number of rotatable bonds is 4. The zero-order chi connectivity index (χ0) is 21.2. The van der Waals surface area contributed by atoms with Gasteiger partial charge in [0.05, 0.1) is 19.3 Å². The normalized spacial score (nSPS) is 19.7. The molecule has 1 saturated heterocycles. The minimum absolute atomic E-state index is 0.0683. The summed E-state index contributed by atoms with van der Waals surface area (Å²) in [6.45, 7) is 3.28. The van der Waals surface area contributed by atoms with Crippen LogP contribution in [0.5, 0.6) is 5.75 Å². The number of hydroxylamine groups is 2. The summed E-state index contributed by atoms with van der Waals surface area (Å²) >= 11 is 0. The predicted octanol–water partition coefficient (Wildman–Crippen LogP) is 4.31. The Morgan fingerprint density at radius 2 is 2.00 bits per heavy atom. The van der Waals surface area contributed by atoms with E-state index in [0.29, 0.717) is 19.8 Å². The number of ether oxygens (including phenoxy) is 1. The molecule has 2 aliphatic rings. The van der Waals surface area contributed by atoms with E-state index < -0.39 is 6.03 Å². The second-order valence-electron chi connectivity index (χ2n) is 7.78. The standard InChI is InChI=1S/C24H23N3O4/c1-16-6-8-17(9-7-16)12-30-26-15-25-24(28)27-23-19(14-31-27)13-29-21-11-10-18-4-2-3-5-20(18)22(21)23/h2-11,15,19,23H,12-14H2,1H3,(H,25,26,28). The molecule has 5 rings (SSSR count). The maximum Gasteiger partial charge on any atom is 0.347 e. The molecule has 2 unspecified atom stereocenters. The van der Waals surface area contributed by atoms with Gasteiger partial charge in [0.15, 0.2) is 0 Å². The van der Waals surface area contributed by atoms with Crippen molar-refractivity contribution in [2.24, 2.45) is 11.1 Å². The van der Waals surface area contributed by atoms with Gasteiger partial charge in [-0.05, 0) is 29.3 Å². The van der Waals surface area contributed by atoms with Gasteiger partial charge in [0, 0.05) is 11.5 Å². The summed E-state index contributed by atoms with van der Waals surface area (Å²) in [7, 11) is 0. The maximum atomic E-state index is 12.8. The van der Waals surface area contributed by atoms with Gasteiger partial charge >= 0.3 is 6.03 Å². The lowest BCUT2D eigenvalue weighted by Gasteiger charge is -2.32. The molecule has 1 fully saturated rings. The average molecular weight is 417 g/mol. The molecule has 1 N–H and O–H groups in total. The van der Waals surface area contributed by atoms with E-state index in [1.807, 2.05) is 55.5 Å². The van der Waals surface area contributed by atoms with Gasteiger partial charge in [-0.15, -0.1) is 0 Å². The van der Waals surface area contributed by atoms with Crippen molar-refractivity contribution in [3.05, 3.63) is 77.4 Å². The fourth-order valence-electron chi connectivity index (χ4n) is 4.10. The Morgan fingerprint density at radius 3 is 2.87 bits per heavy atom. The van der Waals surface area contributed by atoms with Gasteiger partial charge in [-0.3, -0.25) is 10.2 Å². The Balaban J connectivity index is 1.28. The summed E-state index contributed by atoms with van der Waals surface area (Å²) in [4.78, 5) is 23.8. The Bertz CT molecular complexity index is 1130. The Kier molecular flexibility index (Phi) is 5.18. The lowest BCUT2D eigenvalue weighted by molar-refractivity contribution is -0.0862. The second-order valence-corrected chi connectivity index (χ2v) is 7.78. The van der Waals surface area contributed by atoms with Crippen molar-refractivity contribution in [2.75, 3.05) is 13.2 Å². The van der Waals surface area contributed by atoms with Crippen LogP contribution in [0.4, 0.5) is 4.79 Å². The monoisotopic (exact) mass is 417 g/mol. The highest BCUT2D eigenvalue weighted by Gasteiger charge is 2.45. The number of carbonyl (C=O) groups excluding carboxylic acids is 1. The first-order valence-electron chi connectivity index (χ1n) is 10.3. The van der Waals surface area contributed by atoms with Crippen molar-refractivity contribution in [3.63, 3.8) is 0 Å². The van der Waals surface area contributed by atoms with Crippen molar-refractivity contribution in [1.82, 2.24) is 10.4 Å². The third kappa shape index (κ3) is 3.80. The zero-order valence-corrected chi connectivity index (χ0v) is 17.2. The SMILES string of the molecule is Cc1ccc(CON=CNC(=O)N2OCC3COc4ccc5ccccc5c4C32)cc1. The molecule has 2 heterocycles. The second kappa shape index (κ2) is 8.28. The van der Waals surface area contributed by atoms with Crippen LogP contribution < -0.4 is 10.1 Å². The topological polar surface area (TPSA) is 72.4 Å². The minimum Gasteiger partial charge on any atom is -0.493 e. The number of urea groups is 1. The van der Waals surface area contributed by atoms with Gasteiger partial charge in [-0.2, -0.15) is 5.06 Å². The van der Waals surface area contributed by atoms with Crippen LogP contribution in [0.3, 0.4) is 0 Å². The molecule has 0 aliphatic carbocycles. The molecule has 0 aromatic heterocycles. The van der Waals surface area contributed by atoms with Crippen molar-refractivity contribution in [1.29, 1.82) is 0 Å². The number of oxime groups is 1. The number of hydrogen-bond acceptors (Lipinski definition) is 5. The van der Waals surface area contributed by atoms with E-state index in [1.165, 1.54) is 17.0 Å². The lowest BCUT2D eigenvalue weighted by atomic mass is 9.88. The molecule has 7 nitrogen and oxygen atoms in total. The number of carbonyl (C=O) groups is 1. The fraction of sp³-hybridized carbons (Fsp3) is 0.250. The molecule has 2 atom stereocenters. The van der Waals surface area contributed by atoms with Gasteiger partial charge in [-0.25, -0.2) is 4.79 Å². The molecule has 3 aromatic rings. The van der Waals surface area contributed by atoms with E-state index in [4.69, 9.17) is 14.4 Å². The van der Waals surface area contributed by atoms with Gasteiger partial charge < -0.3 is 9.57 Å². The van der Waals surface area contributed by atoms with Crippen LogP contribution in [-0.4, -0.2) is 30.6 Å². The van der Waals surface area contributed by atoms with E-state index in [-0.39, 0.29) is 12.0 Å². The van der Waals surface area contributed by atoms with Crippen molar-refractivity contribution >= 4 is 23.1 Å². The smallest absolute Gasteiger partial charge is 0.347 e. The van der Waals surface area contributed by atoms with Crippen molar-refractivity contribution in [2.45, 2.75) is 19.6 Å². The van der Waals surface area contributed by atoms with Gasteiger partial charge in [0.2, 0.25) is 0 Å². The van der Waals surface area contributed by atoms with Gasteiger partial charge in [-0.1, -0.05) is 65.3 Å². The number of benzene rings is 3. The number of hydrogen-bond donors (Lipinski definition) is 1. The highest BCUT2D eigenvalue weighted by Crippen LogP contribution is 2.46. The number of fused-ring (bicyclic) bond motifs is 5. The number of aryl methyl sites for hydroxylation is 1. The largest absolute Gasteiger partial charge is 0.493 e. The van der Waals surface area contributed by atoms with E-state index in [0.717, 1.165) is 27.6 Å². The van der Waals surface area contributed by atoms with E-state index >= 15 is 0 Å². The molecule has 2 aliphatic heterocycles. The molecule has 31 heavy (non-hydrogen) atoms. The lowest BCUT2D eigenvalue weighted by Crippen LogP contribution is -2.40. The highest BCUT2D eigenvalue weighted by molar-refractivity contribution is 5.90. The van der Waals surface area contributed by atoms with Crippen LogP contribution in [0, 0.1) is 12.8 Å². The third-order valence-corrected chi connectivity index (χ3v) is 5.67. The summed E-state index contributed by atoms with van der Waals surface area (Å²) in [5, 5.41) is 10.0. The summed E-state index contributed by atoms with van der Waals surface area (Å²) < 4.78 is 5.95. The molecule has 7 heteroatoms. The van der Waals surface area contributed by atoms with Crippen molar-refractivity contribution in [3.8, 4) is 5.75 Å². The molecule has 0 spiro atoms. The zero-order valence-electron chi connectivity index (χ0n) is 17.2.